The van der Waals surface area contributed by atoms with E-state index in [1.807, 2.05) is 36.4 Å². The number of nitrogens with zero attached hydrogens (tertiary/aromatic N) is 2. The van der Waals surface area contributed by atoms with Crippen LogP contribution in [-0.4, -0.2) is 16.5 Å². The summed E-state index contributed by atoms with van der Waals surface area (Å²) in [5, 5.41) is 17.7. The number of benzene rings is 2. The molecule has 3 N–H and O–H groups in total. The Kier molecular flexibility index (Phi) is 5.20. The van der Waals surface area contributed by atoms with Gasteiger partial charge in [0.15, 0.2) is 5.17 Å². The summed E-state index contributed by atoms with van der Waals surface area (Å²) in [6.45, 7) is 0. The Bertz CT molecular complexity index is 612. The predicted octanol–water partition coefficient (Wildman–Crippen LogP) is 2.97. The molecule has 0 saturated carbocycles. The standard InChI is InChI=1S/C15H15N3OS/c16-15(20-11-12-6-2-1-3-7-12)18-17-10-13-8-4-5-9-14(13)19/h1-10,19H,11H2,(H2,16,18)/b17-10+. The monoisotopic (exact) mass is 285 g/mol. The van der Waals surface area contributed by atoms with Gasteiger partial charge in [-0.2, -0.15) is 5.10 Å². The molecule has 0 unspecified atom stereocenters. The van der Waals surface area contributed by atoms with Gasteiger partial charge in [0, 0.05) is 11.3 Å². The lowest BCUT2D eigenvalue weighted by atomic mass is 10.2. The van der Waals surface area contributed by atoms with E-state index in [0.29, 0.717) is 10.7 Å². The van der Waals surface area contributed by atoms with Gasteiger partial charge in [0.05, 0.1) is 6.21 Å². The van der Waals surface area contributed by atoms with Crippen molar-refractivity contribution in [3.05, 3.63) is 65.7 Å². The third kappa shape index (κ3) is 4.44. The summed E-state index contributed by atoms with van der Waals surface area (Å²) in [6.07, 6.45) is 1.48. The topological polar surface area (TPSA) is 71.0 Å². The second kappa shape index (κ2) is 7.35. The zero-order chi connectivity index (χ0) is 14.2. The fourth-order valence-electron chi connectivity index (χ4n) is 1.51. The molecule has 0 saturated heterocycles. The molecule has 0 bridgehead atoms. The lowest BCUT2D eigenvalue weighted by molar-refractivity contribution is 0.474. The van der Waals surface area contributed by atoms with Crippen molar-refractivity contribution in [2.45, 2.75) is 5.75 Å². The van der Waals surface area contributed by atoms with E-state index in [9.17, 15) is 5.11 Å². The lowest BCUT2D eigenvalue weighted by Crippen LogP contribution is -2.05. The number of hydrogen-bond acceptors (Lipinski definition) is 4. The number of aromatic hydroxyl groups is 1. The lowest BCUT2D eigenvalue weighted by Gasteiger charge is -1.99. The second-order valence-electron chi connectivity index (χ2n) is 4.02. The highest BCUT2D eigenvalue weighted by Crippen LogP contribution is 2.13. The summed E-state index contributed by atoms with van der Waals surface area (Å²) in [5.41, 5.74) is 7.55. The second-order valence-corrected chi connectivity index (χ2v) is 5.01. The minimum atomic E-state index is 0.168. The Morgan fingerprint density at radius 2 is 1.80 bits per heavy atom. The number of phenols is 1. The summed E-state index contributed by atoms with van der Waals surface area (Å²) >= 11 is 1.42. The number of rotatable bonds is 4. The Morgan fingerprint density at radius 1 is 1.10 bits per heavy atom. The Balaban J connectivity index is 1.89. The first-order valence-electron chi connectivity index (χ1n) is 6.07. The number of para-hydroxylation sites is 1. The van der Waals surface area contributed by atoms with Gasteiger partial charge in [-0.3, -0.25) is 0 Å². The number of phenolic OH excluding ortho intramolecular Hbond substituents is 1. The van der Waals surface area contributed by atoms with E-state index in [-0.39, 0.29) is 5.75 Å². The van der Waals surface area contributed by atoms with Crippen molar-refractivity contribution in [3.63, 3.8) is 0 Å². The molecule has 0 amide bonds. The molecule has 0 fully saturated rings. The van der Waals surface area contributed by atoms with E-state index in [1.54, 1.807) is 18.2 Å². The molecular weight excluding hydrogens is 270 g/mol. The van der Waals surface area contributed by atoms with Gasteiger partial charge in [0.2, 0.25) is 0 Å². The molecule has 0 spiro atoms. The van der Waals surface area contributed by atoms with Crippen LogP contribution in [-0.2, 0) is 5.75 Å². The van der Waals surface area contributed by atoms with Gasteiger partial charge in [-0.15, -0.1) is 5.10 Å². The molecular formula is C15H15N3OS. The van der Waals surface area contributed by atoms with Crippen LogP contribution in [0, 0.1) is 0 Å². The fraction of sp³-hybridized carbons (Fsp3) is 0.0667. The van der Waals surface area contributed by atoms with Gasteiger partial charge < -0.3 is 10.8 Å². The van der Waals surface area contributed by atoms with Gasteiger partial charge in [0.1, 0.15) is 5.75 Å². The molecule has 0 radical (unpaired) electrons. The number of hydrogen-bond donors (Lipinski definition) is 2. The minimum absolute atomic E-state index is 0.168. The summed E-state index contributed by atoms with van der Waals surface area (Å²) < 4.78 is 0. The summed E-state index contributed by atoms with van der Waals surface area (Å²) in [7, 11) is 0. The third-order valence-electron chi connectivity index (χ3n) is 2.52. The maximum absolute atomic E-state index is 9.55. The average Bonchev–Trinajstić information content (AvgIpc) is 2.48. The SMILES string of the molecule is N/C(=N/N=C/c1ccccc1O)SCc1ccccc1. The van der Waals surface area contributed by atoms with Gasteiger partial charge in [-0.1, -0.05) is 54.2 Å². The van der Waals surface area contributed by atoms with Crippen LogP contribution in [0.15, 0.2) is 64.8 Å². The molecule has 2 rings (SSSR count). The van der Waals surface area contributed by atoms with Crippen molar-refractivity contribution in [1.29, 1.82) is 0 Å². The summed E-state index contributed by atoms with van der Waals surface area (Å²) in [6, 6.07) is 16.9. The van der Waals surface area contributed by atoms with E-state index in [2.05, 4.69) is 10.2 Å². The molecule has 2 aromatic carbocycles. The molecule has 20 heavy (non-hydrogen) atoms. The van der Waals surface area contributed by atoms with E-state index >= 15 is 0 Å². The first kappa shape index (κ1) is 14.1. The molecule has 0 aliphatic carbocycles. The van der Waals surface area contributed by atoms with E-state index in [0.717, 1.165) is 5.75 Å². The van der Waals surface area contributed by atoms with Crippen LogP contribution in [0.5, 0.6) is 5.75 Å². The van der Waals surface area contributed by atoms with E-state index in [4.69, 9.17) is 5.73 Å². The fourth-order valence-corrected chi connectivity index (χ4v) is 2.12. The number of nitrogens with two attached hydrogens (primary N) is 1. The maximum atomic E-state index is 9.55. The van der Waals surface area contributed by atoms with Gasteiger partial charge >= 0.3 is 0 Å². The van der Waals surface area contributed by atoms with Gasteiger partial charge in [-0.25, -0.2) is 0 Å². The van der Waals surface area contributed by atoms with Crippen molar-refractivity contribution in [2.75, 3.05) is 0 Å². The first-order valence-corrected chi connectivity index (χ1v) is 7.05. The van der Waals surface area contributed by atoms with Crippen molar-refractivity contribution in [2.24, 2.45) is 15.9 Å². The largest absolute Gasteiger partial charge is 0.507 e. The van der Waals surface area contributed by atoms with Crippen molar-refractivity contribution in [3.8, 4) is 5.75 Å². The Labute approximate surface area is 122 Å². The van der Waals surface area contributed by atoms with Crippen LogP contribution < -0.4 is 5.73 Å². The van der Waals surface area contributed by atoms with Crippen LogP contribution >= 0.6 is 11.8 Å². The molecule has 102 valence electrons. The molecule has 0 atom stereocenters. The van der Waals surface area contributed by atoms with Crippen molar-refractivity contribution >= 4 is 23.1 Å². The summed E-state index contributed by atoms with van der Waals surface area (Å²) in [4.78, 5) is 0. The van der Waals surface area contributed by atoms with Gasteiger partial charge in [-0.05, 0) is 17.7 Å². The average molecular weight is 285 g/mol. The molecule has 4 nitrogen and oxygen atoms in total. The first-order chi connectivity index (χ1) is 9.75. The highest BCUT2D eigenvalue weighted by Gasteiger charge is 1.97. The van der Waals surface area contributed by atoms with Crippen LogP contribution in [0.3, 0.4) is 0 Å². The van der Waals surface area contributed by atoms with Crippen LogP contribution in [0.2, 0.25) is 0 Å². The third-order valence-corrected chi connectivity index (χ3v) is 3.37. The highest BCUT2D eigenvalue weighted by atomic mass is 32.2. The molecule has 0 aliphatic heterocycles. The molecule has 2 aromatic rings. The van der Waals surface area contributed by atoms with E-state index in [1.165, 1.54) is 23.5 Å². The molecule has 0 heterocycles. The van der Waals surface area contributed by atoms with Crippen molar-refractivity contribution in [1.82, 2.24) is 0 Å². The van der Waals surface area contributed by atoms with Crippen molar-refractivity contribution < 1.29 is 5.11 Å². The Morgan fingerprint density at radius 3 is 2.55 bits per heavy atom. The smallest absolute Gasteiger partial charge is 0.180 e. The molecule has 0 aromatic heterocycles. The number of amidine groups is 1. The molecule has 0 aliphatic rings. The zero-order valence-electron chi connectivity index (χ0n) is 10.8. The minimum Gasteiger partial charge on any atom is -0.507 e. The van der Waals surface area contributed by atoms with Crippen LogP contribution in [0.1, 0.15) is 11.1 Å². The van der Waals surface area contributed by atoms with E-state index < -0.39 is 0 Å². The highest BCUT2D eigenvalue weighted by molar-refractivity contribution is 8.13. The van der Waals surface area contributed by atoms with Crippen LogP contribution in [0.25, 0.3) is 0 Å². The van der Waals surface area contributed by atoms with Gasteiger partial charge in [0.25, 0.3) is 0 Å². The predicted molar refractivity (Wildman–Crippen MR) is 85.1 cm³/mol. The van der Waals surface area contributed by atoms with Crippen LogP contribution in [0.4, 0.5) is 0 Å². The quantitative estimate of drug-likeness (QED) is 0.515. The number of thioether (sulfide) groups is 1. The molecule has 5 heteroatoms. The Hall–Kier alpha value is -2.27. The normalized spacial score (nSPS) is 11.9. The maximum Gasteiger partial charge on any atom is 0.180 e. The zero-order valence-corrected chi connectivity index (χ0v) is 11.6. The summed E-state index contributed by atoms with van der Waals surface area (Å²) in [5.74, 6) is 0.921.